The molecule has 1 aromatic carbocycles. The summed E-state index contributed by atoms with van der Waals surface area (Å²) >= 11 is 5.83. The van der Waals surface area contributed by atoms with E-state index in [0.717, 1.165) is 17.7 Å². The van der Waals surface area contributed by atoms with E-state index in [2.05, 4.69) is 4.98 Å². The molecule has 21 heavy (non-hydrogen) atoms. The largest absolute Gasteiger partial charge is 0.433 e. The summed E-state index contributed by atoms with van der Waals surface area (Å²) in [5.74, 6) is 0. The topological polar surface area (TPSA) is 33.1 Å². The van der Waals surface area contributed by atoms with Crippen LogP contribution in [0, 0.1) is 6.92 Å². The Kier molecular flexibility index (Phi) is 4.00. The molecule has 0 aliphatic carbocycles. The molecule has 6 heteroatoms. The van der Waals surface area contributed by atoms with E-state index in [1.165, 1.54) is 6.92 Å². The monoisotopic (exact) mass is 315 g/mol. The van der Waals surface area contributed by atoms with Crippen molar-refractivity contribution in [1.82, 2.24) is 4.98 Å². The lowest BCUT2D eigenvalue weighted by Crippen LogP contribution is -2.24. The Hall–Kier alpha value is -1.59. The standard InChI is InChI=1S/C15H13ClF3NO/c1-9-3-5-10(6-4-9)14(2,21)11-7-8-12(15(17,18)19)20-13(11)16/h3-8,21H,1-2H3. The molecule has 2 aromatic rings. The van der Waals surface area contributed by atoms with E-state index in [1.54, 1.807) is 24.3 Å². The van der Waals surface area contributed by atoms with Crippen LogP contribution in [0.25, 0.3) is 0 Å². The van der Waals surface area contributed by atoms with Gasteiger partial charge < -0.3 is 5.11 Å². The third kappa shape index (κ3) is 3.19. The second-order valence-electron chi connectivity index (χ2n) is 4.97. The highest BCUT2D eigenvalue weighted by Gasteiger charge is 2.35. The van der Waals surface area contributed by atoms with Crippen molar-refractivity contribution in [3.05, 3.63) is 63.9 Å². The SMILES string of the molecule is Cc1ccc(C(C)(O)c2ccc(C(F)(F)F)nc2Cl)cc1. The summed E-state index contributed by atoms with van der Waals surface area (Å²) in [5.41, 5.74) is -0.957. The van der Waals surface area contributed by atoms with Gasteiger partial charge in [-0.3, -0.25) is 0 Å². The van der Waals surface area contributed by atoms with Gasteiger partial charge in [-0.25, -0.2) is 4.98 Å². The number of hydrogen-bond acceptors (Lipinski definition) is 2. The lowest BCUT2D eigenvalue weighted by Gasteiger charge is -2.25. The maximum absolute atomic E-state index is 12.6. The molecule has 0 spiro atoms. The van der Waals surface area contributed by atoms with Gasteiger partial charge in [-0.15, -0.1) is 0 Å². The van der Waals surface area contributed by atoms with Crippen molar-refractivity contribution in [1.29, 1.82) is 0 Å². The number of pyridine rings is 1. The maximum Gasteiger partial charge on any atom is 0.433 e. The summed E-state index contributed by atoms with van der Waals surface area (Å²) in [5, 5.41) is 10.3. The summed E-state index contributed by atoms with van der Waals surface area (Å²) in [7, 11) is 0. The molecule has 0 aliphatic heterocycles. The fourth-order valence-corrected chi connectivity index (χ4v) is 2.33. The summed E-state index contributed by atoms with van der Waals surface area (Å²) in [4.78, 5) is 3.33. The molecular weight excluding hydrogens is 303 g/mol. The van der Waals surface area contributed by atoms with Crippen molar-refractivity contribution in [2.75, 3.05) is 0 Å². The number of nitrogens with zero attached hydrogens (tertiary/aromatic N) is 1. The average molecular weight is 316 g/mol. The fraction of sp³-hybridized carbons (Fsp3) is 0.267. The predicted octanol–water partition coefficient (Wildman–Crippen LogP) is 4.32. The average Bonchev–Trinajstić information content (AvgIpc) is 2.37. The highest BCUT2D eigenvalue weighted by molar-refractivity contribution is 6.30. The lowest BCUT2D eigenvalue weighted by atomic mass is 9.88. The molecule has 1 atom stereocenters. The Labute approximate surface area is 125 Å². The Morgan fingerprint density at radius 2 is 1.62 bits per heavy atom. The van der Waals surface area contributed by atoms with Gasteiger partial charge in [0.2, 0.25) is 0 Å². The second-order valence-corrected chi connectivity index (χ2v) is 5.33. The number of alkyl halides is 3. The molecule has 0 bridgehead atoms. The van der Waals surface area contributed by atoms with Crippen LogP contribution in [-0.4, -0.2) is 10.1 Å². The van der Waals surface area contributed by atoms with Gasteiger partial charge in [0.15, 0.2) is 0 Å². The van der Waals surface area contributed by atoms with E-state index < -0.39 is 17.5 Å². The molecule has 2 nitrogen and oxygen atoms in total. The maximum atomic E-state index is 12.6. The van der Waals surface area contributed by atoms with Gasteiger partial charge in [0.1, 0.15) is 16.4 Å². The van der Waals surface area contributed by atoms with Gasteiger partial charge in [-0.1, -0.05) is 47.5 Å². The van der Waals surface area contributed by atoms with Crippen molar-refractivity contribution in [3.8, 4) is 0 Å². The van der Waals surface area contributed by atoms with E-state index in [4.69, 9.17) is 11.6 Å². The van der Waals surface area contributed by atoms with Gasteiger partial charge in [-0.05, 0) is 25.5 Å². The van der Waals surface area contributed by atoms with Crippen LogP contribution in [0.4, 0.5) is 13.2 Å². The molecule has 0 saturated heterocycles. The smallest absolute Gasteiger partial charge is 0.381 e. The number of benzene rings is 1. The molecule has 2 rings (SSSR count). The summed E-state index contributed by atoms with van der Waals surface area (Å²) in [6, 6.07) is 8.96. The minimum Gasteiger partial charge on any atom is -0.381 e. The summed E-state index contributed by atoms with van der Waals surface area (Å²) in [6.07, 6.45) is -4.57. The third-order valence-corrected chi connectivity index (χ3v) is 3.57. The lowest BCUT2D eigenvalue weighted by molar-refractivity contribution is -0.141. The van der Waals surface area contributed by atoms with E-state index in [-0.39, 0.29) is 10.7 Å². The van der Waals surface area contributed by atoms with Crippen LogP contribution in [0.2, 0.25) is 5.15 Å². The molecule has 0 radical (unpaired) electrons. The number of aliphatic hydroxyl groups is 1. The minimum atomic E-state index is -4.57. The molecule has 0 amide bonds. The number of halogens is 4. The van der Waals surface area contributed by atoms with Crippen LogP contribution in [0.5, 0.6) is 0 Å². The number of hydrogen-bond donors (Lipinski definition) is 1. The van der Waals surface area contributed by atoms with Crippen LogP contribution in [0.15, 0.2) is 36.4 Å². The Bertz CT molecular complexity index is 651. The van der Waals surface area contributed by atoms with Crippen molar-refractivity contribution >= 4 is 11.6 Å². The van der Waals surface area contributed by atoms with Crippen molar-refractivity contribution < 1.29 is 18.3 Å². The Morgan fingerprint density at radius 3 is 2.10 bits per heavy atom. The van der Waals surface area contributed by atoms with Gasteiger partial charge in [0.05, 0.1) is 0 Å². The number of aromatic nitrogens is 1. The molecule has 112 valence electrons. The van der Waals surface area contributed by atoms with Gasteiger partial charge in [0, 0.05) is 5.56 Å². The van der Waals surface area contributed by atoms with Crippen molar-refractivity contribution in [2.45, 2.75) is 25.6 Å². The van der Waals surface area contributed by atoms with Crippen molar-refractivity contribution in [2.24, 2.45) is 0 Å². The summed E-state index contributed by atoms with van der Waals surface area (Å²) < 4.78 is 37.7. The number of aryl methyl sites for hydroxylation is 1. The Balaban J connectivity index is 2.47. The zero-order chi connectivity index (χ0) is 15.8. The van der Waals surface area contributed by atoms with Crippen LogP contribution < -0.4 is 0 Å². The van der Waals surface area contributed by atoms with Gasteiger partial charge in [0.25, 0.3) is 0 Å². The van der Waals surface area contributed by atoms with Crippen LogP contribution in [0.3, 0.4) is 0 Å². The molecule has 0 saturated carbocycles. The third-order valence-electron chi connectivity index (χ3n) is 3.28. The van der Waals surface area contributed by atoms with E-state index in [9.17, 15) is 18.3 Å². The molecular formula is C15H13ClF3NO. The molecule has 1 N–H and O–H groups in total. The van der Waals surface area contributed by atoms with Crippen LogP contribution in [-0.2, 0) is 11.8 Å². The summed E-state index contributed by atoms with van der Waals surface area (Å²) in [6.45, 7) is 3.36. The molecule has 1 aromatic heterocycles. The van der Waals surface area contributed by atoms with Crippen LogP contribution >= 0.6 is 11.6 Å². The highest BCUT2D eigenvalue weighted by atomic mass is 35.5. The first-order valence-electron chi connectivity index (χ1n) is 6.16. The molecule has 0 fully saturated rings. The van der Waals surface area contributed by atoms with Gasteiger partial charge in [-0.2, -0.15) is 13.2 Å². The normalized spacial score (nSPS) is 14.8. The first kappa shape index (κ1) is 15.8. The van der Waals surface area contributed by atoms with E-state index in [1.807, 2.05) is 6.92 Å². The predicted molar refractivity (Wildman–Crippen MR) is 74.1 cm³/mol. The van der Waals surface area contributed by atoms with Crippen LogP contribution in [0.1, 0.15) is 29.3 Å². The Morgan fingerprint density at radius 1 is 1.05 bits per heavy atom. The zero-order valence-corrected chi connectivity index (χ0v) is 12.1. The van der Waals surface area contributed by atoms with Crippen molar-refractivity contribution in [3.63, 3.8) is 0 Å². The first-order chi connectivity index (χ1) is 9.62. The molecule has 1 heterocycles. The number of rotatable bonds is 2. The highest BCUT2D eigenvalue weighted by Crippen LogP contribution is 2.36. The van der Waals surface area contributed by atoms with Gasteiger partial charge >= 0.3 is 6.18 Å². The zero-order valence-electron chi connectivity index (χ0n) is 11.4. The second kappa shape index (κ2) is 5.31. The molecule has 1 unspecified atom stereocenters. The van der Waals surface area contributed by atoms with E-state index >= 15 is 0 Å². The molecule has 0 aliphatic rings. The quantitative estimate of drug-likeness (QED) is 0.837. The van der Waals surface area contributed by atoms with E-state index in [0.29, 0.717) is 5.56 Å². The first-order valence-corrected chi connectivity index (χ1v) is 6.54. The fourth-order valence-electron chi connectivity index (χ4n) is 1.99. The minimum absolute atomic E-state index is 0.126.